The largest absolute Gasteiger partial charge is 0.404 e. The first-order chi connectivity index (χ1) is 8.73. The lowest BCUT2D eigenvalue weighted by Crippen LogP contribution is -2.43. The molecule has 1 heterocycles. The molecule has 0 saturated carbocycles. The second kappa shape index (κ2) is 5.67. The van der Waals surface area contributed by atoms with Crippen molar-refractivity contribution in [3.63, 3.8) is 0 Å². The Morgan fingerprint density at radius 2 is 2.00 bits per heavy atom. The van der Waals surface area contributed by atoms with Crippen LogP contribution in [-0.2, 0) is 16.6 Å². The van der Waals surface area contributed by atoms with Gasteiger partial charge in [-0.1, -0.05) is 6.92 Å². The van der Waals surface area contributed by atoms with E-state index in [1.165, 1.54) is 17.7 Å². The third-order valence-electron chi connectivity index (χ3n) is 2.62. The molecule has 1 aromatic rings. The molecule has 3 atom stereocenters. The van der Waals surface area contributed by atoms with Gasteiger partial charge in [0, 0.05) is 13.0 Å². The summed E-state index contributed by atoms with van der Waals surface area (Å²) in [6.45, 7) is 1.29. The van der Waals surface area contributed by atoms with Gasteiger partial charge in [0.15, 0.2) is 6.10 Å². The van der Waals surface area contributed by atoms with E-state index in [0.29, 0.717) is 0 Å². The predicted molar refractivity (Wildman–Crippen MR) is 63.6 cm³/mol. The van der Waals surface area contributed by atoms with E-state index in [1.807, 2.05) is 0 Å². The summed E-state index contributed by atoms with van der Waals surface area (Å²) in [6, 6.07) is 0. The van der Waals surface area contributed by atoms with Gasteiger partial charge in [-0.15, -0.1) is 0 Å². The maximum atomic E-state index is 11.6. The fourth-order valence-corrected chi connectivity index (χ4v) is 1.31. The van der Waals surface area contributed by atoms with E-state index < -0.39 is 30.0 Å². The van der Waals surface area contributed by atoms with Crippen LogP contribution in [0.3, 0.4) is 0 Å². The van der Waals surface area contributed by atoms with Crippen molar-refractivity contribution in [1.82, 2.24) is 9.55 Å². The molecule has 3 unspecified atom stereocenters. The third kappa shape index (κ3) is 3.42. The Balaban J connectivity index is 2.69. The molecule has 0 aliphatic carbocycles. The number of nitrogen functional groups attached to an aromatic ring is 1. The van der Waals surface area contributed by atoms with Gasteiger partial charge < -0.3 is 31.0 Å². The van der Waals surface area contributed by atoms with Crippen molar-refractivity contribution in [3.05, 3.63) is 6.20 Å². The van der Waals surface area contributed by atoms with E-state index in [4.69, 9.17) is 16.2 Å². The van der Waals surface area contributed by atoms with Gasteiger partial charge in [-0.25, -0.2) is 4.79 Å². The lowest BCUT2D eigenvalue weighted by atomic mass is 9.98. The molecule has 1 aromatic heterocycles. The third-order valence-corrected chi connectivity index (χ3v) is 2.62. The number of carbonyl (C=O) groups is 2. The molecule has 9 nitrogen and oxygen atoms in total. The Bertz CT molecular complexity index is 467. The zero-order chi connectivity index (χ0) is 14.7. The minimum absolute atomic E-state index is 0.0928. The first-order valence-electron chi connectivity index (χ1n) is 5.40. The zero-order valence-electron chi connectivity index (χ0n) is 10.5. The summed E-state index contributed by atoms with van der Waals surface area (Å²) in [5.74, 6) is -3.18. The molecule has 6 N–H and O–H groups in total. The van der Waals surface area contributed by atoms with Gasteiger partial charge >= 0.3 is 5.97 Å². The number of carbonyl (C=O) groups excluding carboxylic acids is 2. The van der Waals surface area contributed by atoms with Crippen LogP contribution >= 0.6 is 0 Å². The number of aryl methyl sites for hydroxylation is 1. The topological polar surface area (TPSA) is 154 Å². The highest BCUT2D eigenvalue weighted by Gasteiger charge is 2.33. The number of hydrogen-bond acceptors (Lipinski definition) is 7. The van der Waals surface area contributed by atoms with Crippen LogP contribution in [-0.4, -0.2) is 43.8 Å². The minimum Gasteiger partial charge on any atom is -0.404 e. The number of nitrogens with two attached hydrogens (primary N) is 2. The van der Waals surface area contributed by atoms with Crippen molar-refractivity contribution in [3.8, 4) is 5.88 Å². The van der Waals surface area contributed by atoms with Crippen molar-refractivity contribution in [1.29, 1.82) is 0 Å². The molecule has 0 radical (unpaired) electrons. The highest BCUT2D eigenvalue weighted by molar-refractivity contribution is 5.82. The Morgan fingerprint density at radius 3 is 2.42 bits per heavy atom. The van der Waals surface area contributed by atoms with Crippen LogP contribution < -0.4 is 16.2 Å². The number of imidazole rings is 1. The number of rotatable bonds is 5. The summed E-state index contributed by atoms with van der Waals surface area (Å²) in [5.41, 5.74) is 10.3. The number of ether oxygens (including phenoxy) is 1. The first-order valence-corrected chi connectivity index (χ1v) is 5.40. The number of anilines is 1. The Morgan fingerprint density at radius 1 is 1.42 bits per heavy atom. The lowest BCUT2D eigenvalue weighted by molar-refractivity contribution is -0.151. The van der Waals surface area contributed by atoms with Crippen LogP contribution in [0.5, 0.6) is 5.88 Å². The molecule has 1 amide bonds. The summed E-state index contributed by atoms with van der Waals surface area (Å²) in [5, 5.41) is 19.0. The fourth-order valence-electron chi connectivity index (χ4n) is 1.31. The van der Waals surface area contributed by atoms with Crippen LogP contribution in [0.4, 0.5) is 5.95 Å². The van der Waals surface area contributed by atoms with Gasteiger partial charge in [-0.3, -0.25) is 4.79 Å². The molecule has 1 rings (SSSR count). The Kier molecular flexibility index (Phi) is 4.46. The number of hydrogen-bond donors (Lipinski definition) is 4. The molecular formula is C10H16N4O5. The van der Waals surface area contributed by atoms with Gasteiger partial charge in [-0.05, 0) is 0 Å². The molecule has 106 valence electrons. The normalized spacial score (nSPS) is 15.6. The van der Waals surface area contributed by atoms with Gasteiger partial charge in [0.2, 0.25) is 17.7 Å². The van der Waals surface area contributed by atoms with Crippen LogP contribution in [0.1, 0.15) is 6.92 Å². The molecule has 0 aliphatic heterocycles. The number of aliphatic hydroxyl groups is 2. The van der Waals surface area contributed by atoms with Gasteiger partial charge in [-0.2, -0.15) is 4.98 Å². The van der Waals surface area contributed by atoms with Crippen molar-refractivity contribution < 1.29 is 24.5 Å². The summed E-state index contributed by atoms with van der Waals surface area (Å²) in [7, 11) is 1.59. The van der Waals surface area contributed by atoms with Gasteiger partial charge in [0.05, 0.1) is 6.20 Å². The SMILES string of the molecule is CC(C(O)C(N)=O)C(O)C(=O)Oc1cn(C)c(N)n1. The second-order valence-corrected chi connectivity index (χ2v) is 4.12. The molecule has 19 heavy (non-hydrogen) atoms. The Hall–Kier alpha value is -2.13. The summed E-state index contributed by atoms with van der Waals surface area (Å²) in [4.78, 5) is 26.0. The number of nitrogens with zero attached hydrogens (tertiary/aromatic N) is 2. The van der Waals surface area contributed by atoms with Crippen molar-refractivity contribution in [2.24, 2.45) is 18.7 Å². The zero-order valence-corrected chi connectivity index (χ0v) is 10.5. The van der Waals surface area contributed by atoms with Crippen LogP contribution in [0, 0.1) is 5.92 Å². The predicted octanol–water partition coefficient (Wildman–Crippen LogP) is -2.25. The number of aromatic nitrogens is 2. The maximum absolute atomic E-state index is 11.6. The van der Waals surface area contributed by atoms with E-state index in [9.17, 15) is 19.8 Å². The highest BCUT2D eigenvalue weighted by atomic mass is 16.6. The van der Waals surface area contributed by atoms with Crippen molar-refractivity contribution >= 4 is 17.8 Å². The van der Waals surface area contributed by atoms with Crippen LogP contribution in [0.2, 0.25) is 0 Å². The fraction of sp³-hybridized carbons (Fsp3) is 0.500. The number of amides is 1. The maximum Gasteiger partial charge on any atom is 0.342 e. The van der Waals surface area contributed by atoms with E-state index in [1.54, 1.807) is 7.05 Å². The lowest BCUT2D eigenvalue weighted by Gasteiger charge is -2.19. The second-order valence-electron chi connectivity index (χ2n) is 4.12. The monoisotopic (exact) mass is 272 g/mol. The summed E-state index contributed by atoms with van der Waals surface area (Å²) >= 11 is 0. The molecule has 0 saturated heterocycles. The minimum atomic E-state index is -1.72. The number of primary amides is 1. The van der Waals surface area contributed by atoms with Gasteiger partial charge in [0.1, 0.15) is 6.10 Å². The van der Waals surface area contributed by atoms with Crippen LogP contribution in [0.25, 0.3) is 0 Å². The standard InChI is InChI=1S/C10H16N4O5/c1-4(6(15)8(11)17)7(16)9(18)19-5-3-14(2)10(12)13-5/h3-4,6-7,15-16H,1-2H3,(H2,11,17)(H2,12,13). The van der Waals surface area contributed by atoms with E-state index in [-0.39, 0.29) is 11.8 Å². The summed E-state index contributed by atoms with van der Waals surface area (Å²) < 4.78 is 6.18. The molecule has 0 spiro atoms. The average molecular weight is 272 g/mol. The molecule has 0 fully saturated rings. The van der Waals surface area contributed by atoms with Crippen LogP contribution in [0.15, 0.2) is 6.20 Å². The quantitative estimate of drug-likeness (QED) is 0.441. The number of aliphatic hydroxyl groups excluding tert-OH is 2. The first kappa shape index (κ1) is 14.9. The molecular weight excluding hydrogens is 256 g/mol. The molecule has 0 aromatic carbocycles. The van der Waals surface area contributed by atoms with E-state index in [0.717, 1.165) is 0 Å². The smallest absolute Gasteiger partial charge is 0.342 e. The molecule has 0 bridgehead atoms. The summed E-state index contributed by atoms with van der Waals surface area (Å²) in [6.07, 6.45) is -2.03. The molecule has 9 heteroatoms. The van der Waals surface area contributed by atoms with Gasteiger partial charge in [0.25, 0.3) is 0 Å². The highest BCUT2D eigenvalue weighted by Crippen LogP contribution is 2.15. The van der Waals surface area contributed by atoms with Crippen molar-refractivity contribution in [2.45, 2.75) is 19.1 Å². The van der Waals surface area contributed by atoms with E-state index >= 15 is 0 Å². The number of esters is 1. The average Bonchev–Trinajstić information content (AvgIpc) is 2.65. The van der Waals surface area contributed by atoms with E-state index in [2.05, 4.69) is 4.98 Å². The van der Waals surface area contributed by atoms with Crippen molar-refractivity contribution in [2.75, 3.05) is 5.73 Å². The Labute approximate surface area is 108 Å². The molecule has 0 aliphatic rings.